The molecule has 0 aliphatic carbocycles. The summed E-state index contributed by atoms with van der Waals surface area (Å²) in [5.74, 6) is 0.0164. The molecule has 1 aromatic rings. The summed E-state index contributed by atoms with van der Waals surface area (Å²) in [6, 6.07) is 9.86. The fourth-order valence-electron chi connectivity index (χ4n) is 2.00. The van der Waals surface area contributed by atoms with Crippen molar-refractivity contribution in [2.24, 2.45) is 0 Å². The summed E-state index contributed by atoms with van der Waals surface area (Å²) in [5, 5.41) is 0. The van der Waals surface area contributed by atoms with Crippen LogP contribution in [0.5, 0.6) is 0 Å². The molecule has 0 N–H and O–H groups in total. The first-order valence-electron chi connectivity index (χ1n) is 5.94. The van der Waals surface area contributed by atoms with Gasteiger partial charge in [-0.3, -0.25) is 4.57 Å². The minimum Gasteiger partial charge on any atom is -0.355 e. The number of hydrogen-bond acceptors (Lipinski definition) is 4. The van der Waals surface area contributed by atoms with Crippen molar-refractivity contribution in [2.75, 3.05) is 30.5 Å². The molecule has 100 valence electrons. The highest BCUT2D eigenvalue weighted by atomic mass is 35.5. The van der Waals surface area contributed by atoms with Gasteiger partial charge in [-0.05, 0) is 19.1 Å². The maximum Gasteiger partial charge on any atom is 0.352 e. The molecule has 1 heterocycles. The number of benzene rings is 1. The van der Waals surface area contributed by atoms with E-state index in [4.69, 9.17) is 20.6 Å². The van der Waals surface area contributed by atoms with E-state index in [0.717, 1.165) is 5.69 Å². The molecule has 1 aliphatic heterocycles. The first kappa shape index (κ1) is 13.9. The van der Waals surface area contributed by atoms with Crippen LogP contribution in [0.2, 0.25) is 0 Å². The van der Waals surface area contributed by atoms with Gasteiger partial charge >= 0.3 is 7.60 Å². The number of anilines is 1. The molecule has 0 radical (unpaired) electrons. The highest BCUT2D eigenvalue weighted by Crippen LogP contribution is 2.56. The third kappa shape index (κ3) is 2.89. The summed E-state index contributed by atoms with van der Waals surface area (Å²) in [6.45, 7) is 3.21. The van der Waals surface area contributed by atoms with Gasteiger partial charge in [0.1, 0.15) is 5.78 Å². The molecule has 1 saturated heterocycles. The van der Waals surface area contributed by atoms with Gasteiger partial charge < -0.3 is 13.9 Å². The number of alkyl halides is 1. The molecule has 0 amide bonds. The van der Waals surface area contributed by atoms with Crippen LogP contribution >= 0.6 is 19.2 Å². The van der Waals surface area contributed by atoms with Crippen LogP contribution < -0.4 is 4.90 Å². The zero-order chi connectivity index (χ0) is 13.0. The standard InChI is InChI=1S/C12H17ClNO3P/c1-11-14(12-5-3-2-4-6-12)8-10-17-18(11,15)16-9-7-13/h2-6,11H,7-10H2,1H3/t11-,18-/m1/s1. The van der Waals surface area contributed by atoms with E-state index in [9.17, 15) is 4.57 Å². The second-order valence-electron chi connectivity index (χ2n) is 4.06. The molecule has 18 heavy (non-hydrogen) atoms. The molecule has 1 aliphatic rings. The van der Waals surface area contributed by atoms with Crippen LogP contribution in [0.25, 0.3) is 0 Å². The molecule has 1 fully saturated rings. The van der Waals surface area contributed by atoms with Gasteiger partial charge in [0.25, 0.3) is 0 Å². The van der Waals surface area contributed by atoms with Gasteiger partial charge in [-0.1, -0.05) is 18.2 Å². The van der Waals surface area contributed by atoms with E-state index >= 15 is 0 Å². The smallest absolute Gasteiger partial charge is 0.352 e. The van der Waals surface area contributed by atoms with Crippen LogP contribution in [0.3, 0.4) is 0 Å². The van der Waals surface area contributed by atoms with Crippen molar-refractivity contribution in [1.29, 1.82) is 0 Å². The Morgan fingerprint density at radius 3 is 2.89 bits per heavy atom. The van der Waals surface area contributed by atoms with Crippen LogP contribution in [0.15, 0.2) is 30.3 Å². The second-order valence-corrected chi connectivity index (χ2v) is 6.78. The molecule has 0 spiro atoms. The number of halogens is 1. The van der Waals surface area contributed by atoms with Crippen LogP contribution in [-0.2, 0) is 13.6 Å². The maximum atomic E-state index is 12.6. The van der Waals surface area contributed by atoms with Crippen molar-refractivity contribution >= 4 is 24.9 Å². The third-order valence-corrected chi connectivity index (χ3v) is 5.38. The number of hydrogen-bond donors (Lipinski definition) is 0. The normalized spacial score (nSPS) is 28.3. The zero-order valence-electron chi connectivity index (χ0n) is 10.3. The Labute approximate surface area is 112 Å². The SMILES string of the molecule is C[C@@H]1N(c2ccccc2)CCO[P@]1(=O)OCCCl. The molecular weight excluding hydrogens is 273 g/mol. The largest absolute Gasteiger partial charge is 0.355 e. The predicted octanol–water partition coefficient (Wildman–Crippen LogP) is 3.32. The lowest BCUT2D eigenvalue weighted by Gasteiger charge is -2.39. The monoisotopic (exact) mass is 289 g/mol. The molecule has 6 heteroatoms. The minimum absolute atomic E-state index is 0.242. The van der Waals surface area contributed by atoms with Crippen LogP contribution in [0, 0.1) is 0 Å². The lowest BCUT2D eigenvalue weighted by Crippen LogP contribution is -2.41. The van der Waals surface area contributed by atoms with Crippen molar-refractivity contribution in [3.05, 3.63) is 30.3 Å². The number of para-hydroxylation sites is 1. The molecule has 0 unspecified atom stereocenters. The first-order chi connectivity index (χ1) is 8.67. The van der Waals surface area contributed by atoms with Crippen molar-refractivity contribution in [1.82, 2.24) is 0 Å². The Morgan fingerprint density at radius 2 is 2.22 bits per heavy atom. The Balaban J connectivity index is 2.16. The Hall–Kier alpha value is -0.540. The Kier molecular flexibility index (Phi) is 4.68. The molecule has 0 aromatic heterocycles. The number of nitrogens with zero attached hydrogens (tertiary/aromatic N) is 1. The fourth-order valence-corrected chi connectivity index (χ4v) is 3.97. The summed E-state index contributed by atoms with van der Waals surface area (Å²) in [5.41, 5.74) is 1.03. The quantitative estimate of drug-likeness (QED) is 0.629. The predicted molar refractivity (Wildman–Crippen MR) is 73.5 cm³/mol. The summed E-state index contributed by atoms with van der Waals surface area (Å²) in [4.78, 5) is 2.05. The van der Waals surface area contributed by atoms with Crippen LogP contribution in [-0.4, -0.2) is 31.4 Å². The summed E-state index contributed by atoms with van der Waals surface area (Å²) < 4.78 is 23.3. The topological polar surface area (TPSA) is 38.8 Å². The molecular formula is C12H17ClNO3P. The average Bonchev–Trinajstić information content (AvgIpc) is 2.41. The minimum atomic E-state index is -3.10. The van der Waals surface area contributed by atoms with Gasteiger partial charge in [0.15, 0.2) is 0 Å². The average molecular weight is 290 g/mol. The van der Waals surface area contributed by atoms with Crippen LogP contribution in [0.1, 0.15) is 6.92 Å². The van der Waals surface area contributed by atoms with Crippen molar-refractivity contribution < 1.29 is 13.6 Å². The Bertz CT molecular complexity index is 429. The van der Waals surface area contributed by atoms with Gasteiger partial charge in [-0.2, -0.15) is 0 Å². The van der Waals surface area contributed by atoms with E-state index in [1.807, 2.05) is 37.3 Å². The van der Waals surface area contributed by atoms with Crippen molar-refractivity contribution in [3.63, 3.8) is 0 Å². The van der Waals surface area contributed by atoms with E-state index in [0.29, 0.717) is 19.0 Å². The lowest BCUT2D eigenvalue weighted by atomic mass is 10.3. The molecule has 0 bridgehead atoms. The van der Waals surface area contributed by atoms with Gasteiger partial charge in [0.2, 0.25) is 0 Å². The van der Waals surface area contributed by atoms with Gasteiger partial charge in [-0.15, -0.1) is 11.6 Å². The van der Waals surface area contributed by atoms with Gasteiger partial charge in [-0.25, -0.2) is 0 Å². The summed E-state index contributed by atoms with van der Waals surface area (Å²) in [6.07, 6.45) is 0. The highest BCUT2D eigenvalue weighted by molar-refractivity contribution is 7.54. The first-order valence-corrected chi connectivity index (χ1v) is 8.08. The fraction of sp³-hybridized carbons (Fsp3) is 0.500. The molecule has 1 aromatic carbocycles. The van der Waals surface area contributed by atoms with E-state index < -0.39 is 7.60 Å². The maximum absolute atomic E-state index is 12.6. The summed E-state index contributed by atoms with van der Waals surface area (Å²) in [7, 11) is -3.10. The van der Waals surface area contributed by atoms with E-state index in [1.165, 1.54) is 0 Å². The molecule has 0 saturated carbocycles. The third-order valence-electron chi connectivity index (χ3n) is 2.95. The second kappa shape index (κ2) is 6.07. The van der Waals surface area contributed by atoms with E-state index in [2.05, 4.69) is 4.90 Å². The van der Waals surface area contributed by atoms with E-state index in [-0.39, 0.29) is 12.4 Å². The van der Waals surface area contributed by atoms with Crippen LogP contribution in [0.4, 0.5) is 5.69 Å². The molecule has 4 nitrogen and oxygen atoms in total. The zero-order valence-corrected chi connectivity index (χ0v) is 11.9. The summed E-state index contributed by atoms with van der Waals surface area (Å²) >= 11 is 5.57. The Morgan fingerprint density at radius 1 is 1.50 bits per heavy atom. The van der Waals surface area contributed by atoms with E-state index in [1.54, 1.807) is 0 Å². The molecule has 2 atom stereocenters. The molecule has 2 rings (SSSR count). The highest BCUT2D eigenvalue weighted by Gasteiger charge is 2.40. The van der Waals surface area contributed by atoms with Gasteiger partial charge in [0.05, 0.1) is 13.2 Å². The van der Waals surface area contributed by atoms with Gasteiger partial charge in [0, 0.05) is 18.1 Å². The number of rotatable bonds is 4. The lowest BCUT2D eigenvalue weighted by molar-refractivity contribution is 0.193. The van der Waals surface area contributed by atoms with Crippen molar-refractivity contribution in [2.45, 2.75) is 12.7 Å². The van der Waals surface area contributed by atoms with Crippen molar-refractivity contribution in [3.8, 4) is 0 Å².